The largest absolute Gasteiger partial charge is 0.343 e. The molecule has 21 heavy (non-hydrogen) atoms. The van der Waals surface area contributed by atoms with E-state index in [1.54, 1.807) is 28.7 Å². The molecular formula is C15H17N3O2S. The fourth-order valence-corrected chi connectivity index (χ4v) is 3.30. The van der Waals surface area contributed by atoms with Crippen molar-refractivity contribution in [3.8, 4) is 0 Å². The zero-order valence-electron chi connectivity index (χ0n) is 11.8. The molecule has 1 aliphatic rings. The summed E-state index contributed by atoms with van der Waals surface area (Å²) in [4.78, 5) is 29.6. The van der Waals surface area contributed by atoms with Crippen LogP contribution in [0.25, 0.3) is 10.2 Å². The van der Waals surface area contributed by atoms with Crippen molar-refractivity contribution in [1.82, 2.24) is 9.88 Å². The van der Waals surface area contributed by atoms with E-state index in [-0.39, 0.29) is 17.7 Å². The fourth-order valence-electron chi connectivity index (χ4n) is 2.64. The van der Waals surface area contributed by atoms with Crippen LogP contribution in [0.4, 0.5) is 5.69 Å². The highest BCUT2D eigenvalue weighted by Gasteiger charge is 2.26. The van der Waals surface area contributed by atoms with Gasteiger partial charge in [0.05, 0.1) is 15.7 Å². The molecule has 0 atom stereocenters. The minimum absolute atomic E-state index is 0.0215. The number of carbonyl (C=O) groups excluding carboxylic acids is 2. The zero-order chi connectivity index (χ0) is 14.8. The second-order valence-electron chi connectivity index (χ2n) is 5.30. The van der Waals surface area contributed by atoms with Crippen LogP contribution in [-0.4, -0.2) is 34.8 Å². The third-order valence-electron chi connectivity index (χ3n) is 3.91. The van der Waals surface area contributed by atoms with Gasteiger partial charge in [-0.05, 0) is 31.0 Å². The highest BCUT2D eigenvalue weighted by atomic mass is 32.1. The highest BCUT2D eigenvalue weighted by Crippen LogP contribution is 2.23. The number of fused-ring (bicyclic) bond motifs is 1. The lowest BCUT2D eigenvalue weighted by Crippen LogP contribution is -2.40. The van der Waals surface area contributed by atoms with Crippen LogP contribution in [0.3, 0.4) is 0 Å². The Hall–Kier alpha value is -1.95. The Kier molecular flexibility index (Phi) is 3.88. The summed E-state index contributed by atoms with van der Waals surface area (Å²) >= 11 is 1.58. The lowest BCUT2D eigenvalue weighted by atomic mass is 9.96. The lowest BCUT2D eigenvalue weighted by molar-refractivity contribution is -0.132. The van der Waals surface area contributed by atoms with Crippen LogP contribution < -0.4 is 5.32 Å². The molecule has 0 bridgehead atoms. The van der Waals surface area contributed by atoms with Gasteiger partial charge < -0.3 is 10.2 Å². The van der Waals surface area contributed by atoms with Gasteiger partial charge in [-0.2, -0.15) is 0 Å². The predicted octanol–water partition coefficient (Wildman–Crippen LogP) is 2.49. The van der Waals surface area contributed by atoms with Crippen LogP contribution in [0.2, 0.25) is 0 Å². The summed E-state index contributed by atoms with van der Waals surface area (Å²) in [5.41, 5.74) is 3.49. The number of aromatic nitrogens is 1. The number of benzene rings is 1. The maximum Gasteiger partial charge on any atom is 0.227 e. The number of thiazole rings is 1. The molecule has 0 spiro atoms. The van der Waals surface area contributed by atoms with Crippen LogP contribution in [0, 0.1) is 5.92 Å². The number of nitrogens with zero attached hydrogens (tertiary/aromatic N) is 2. The Balaban J connectivity index is 1.62. The Morgan fingerprint density at radius 3 is 2.81 bits per heavy atom. The molecule has 2 amide bonds. The summed E-state index contributed by atoms with van der Waals surface area (Å²) in [6, 6.07) is 5.78. The summed E-state index contributed by atoms with van der Waals surface area (Å²) in [6.07, 6.45) is 1.45. The number of piperidine rings is 1. The van der Waals surface area contributed by atoms with Crippen LogP contribution in [0.15, 0.2) is 23.7 Å². The number of amides is 2. The van der Waals surface area contributed by atoms with Crippen molar-refractivity contribution in [1.29, 1.82) is 0 Å². The summed E-state index contributed by atoms with van der Waals surface area (Å²) in [6.45, 7) is 2.90. The molecule has 1 saturated heterocycles. The summed E-state index contributed by atoms with van der Waals surface area (Å²) in [7, 11) is 0. The molecule has 0 unspecified atom stereocenters. The van der Waals surface area contributed by atoms with Gasteiger partial charge in [0.1, 0.15) is 0 Å². The average Bonchev–Trinajstić information content (AvgIpc) is 2.95. The first-order valence-electron chi connectivity index (χ1n) is 7.03. The van der Waals surface area contributed by atoms with Crippen LogP contribution >= 0.6 is 11.3 Å². The number of hydrogen-bond acceptors (Lipinski definition) is 4. The molecule has 6 heteroatoms. The maximum atomic E-state index is 12.3. The molecule has 2 aromatic rings. The molecular weight excluding hydrogens is 286 g/mol. The average molecular weight is 303 g/mol. The molecule has 1 fully saturated rings. The summed E-state index contributed by atoms with van der Waals surface area (Å²) in [5.74, 6) is 0.0994. The van der Waals surface area contributed by atoms with E-state index in [9.17, 15) is 9.59 Å². The third-order valence-corrected chi connectivity index (χ3v) is 4.72. The fraction of sp³-hybridized carbons (Fsp3) is 0.400. The Morgan fingerprint density at radius 2 is 2.10 bits per heavy atom. The standard InChI is InChI=1S/C15H17N3O2S/c1-10(19)18-6-4-11(5-7-18)15(20)17-12-2-3-14-13(8-12)16-9-21-14/h2-3,8-9,11H,4-7H2,1H3,(H,17,20). The number of anilines is 1. The van der Waals surface area contributed by atoms with E-state index in [1.807, 2.05) is 18.2 Å². The number of hydrogen-bond donors (Lipinski definition) is 1. The van der Waals surface area contributed by atoms with Crippen LogP contribution in [-0.2, 0) is 9.59 Å². The van der Waals surface area contributed by atoms with Gasteiger partial charge in [-0.3, -0.25) is 9.59 Å². The molecule has 110 valence electrons. The maximum absolute atomic E-state index is 12.3. The smallest absolute Gasteiger partial charge is 0.227 e. The van der Waals surface area contributed by atoms with E-state index >= 15 is 0 Å². The van der Waals surface area contributed by atoms with Crippen molar-refractivity contribution >= 4 is 39.1 Å². The minimum atomic E-state index is -0.0215. The number of nitrogens with one attached hydrogen (secondary N) is 1. The van der Waals surface area contributed by atoms with E-state index in [4.69, 9.17) is 0 Å². The van der Waals surface area contributed by atoms with E-state index in [2.05, 4.69) is 10.3 Å². The predicted molar refractivity (Wildman–Crippen MR) is 83.2 cm³/mol. The molecule has 1 aromatic heterocycles. The first kappa shape index (κ1) is 14.0. The third kappa shape index (κ3) is 3.05. The molecule has 0 aliphatic carbocycles. The second-order valence-corrected chi connectivity index (χ2v) is 6.19. The number of likely N-dealkylation sites (tertiary alicyclic amines) is 1. The monoisotopic (exact) mass is 303 g/mol. The Labute approximate surface area is 127 Å². The first-order valence-corrected chi connectivity index (χ1v) is 7.91. The van der Waals surface area contributed by atoms with Crippen molar-refractivity contribution in [2.24, 2.45) is 5.92 Å². The molecule has 1 aromatic carbocycles. The second kappa shape index (κ2) is 5.81. The minimum Gasteiger partial charge on any atom is -0.343 e. The Morgan fingerprint density at radius 1 is 1.33 bits per heavy atom. The SMILES string of the molecule is CC(=O)N1CCC(C(=O)Nc2ccc3scnc3c2)CC1. The van der Waals surface area contributed by atoms with Crippen molar-refractivity contribution in [3.05, 3.63) is 23.7 Å². The summed E-state index contributed by atoms with van der Waals surface area (Å²) in [5, 5.41) is 2.96. The zero-order valence-corrected chi connectivity index (χ0v) is 12.7. The van der Waals surface area contributed by atoms with Crippen molar-refractivity contribution in [3.63, 3.8) is 0 Å². The number of rotatable bonds is 2. The van der Waals surface area contributed by atoms with E-state index in [1.165, 1.54) is 0 Å². The van der Waals surface area contributed by atoms with Gasteiger partial charge in [0.2, 0.25) is 11.8 Å². The highest BCUT2D eigenvalue weighted by molar-refractivity contribution is 7.16. The van der Waals surface area contributed by atoms with Gasteiger partial charge in [-0.15, -0.1) is 11.3 Å². The molecule has 2 heterocycles. The van der Waals surface area contributed by atoms with Crippen molar-refractivity contribution in [2.75, 3.05) is 18.4 Å². The van der Waals surface area contributed by atoms with Gasteiger partial charge >= 0.3 is 0 Å². The molecule has 3 rings (SSSR count). The Bertz CT molecular complexity index is 674. The molecule has 1 aliphatic heterocycles. The van der Waals surface area contributed by atoms with Crippen molar-refractivity contribution in [2.45, 2.75) is 19.8 Å². The molecule has 0 radical (unpaired) electrons. The molecule has 5 nitrogen and oxygen atoms in total. The molecule has 0 saturated carbocycles. The van der Waals surface area contributed by atoms with Gasteiger partial charge in [0, 0.05) is 31.6 Å². The van der Waals surface area contributed by atoms with E-state index in [0.29, 0.717) is 13.1 Å². The van der Waals surface area contributed by atoms with E-state index < -0.39 is 0 Å². The van der Waals surface area contributed by atoms with Crippen LogP contribution in [0.1, 0.15) is 19.8 Å². The van der Waals surface area contributed by atoms with E-state index in [0.717, 1.165) is 28.7 Å². The lowest BCUT2D eigenvalue weighted by Gasteiger charge is -2.30. The quantitative estimate of drug-likeness (QED) is 0.927. The van der Waals surface area contributed by atoms with Crippen molar-refractivity contribution < 1.29 is 9.59 Å². The van der Waals surface area contributed by atoms with Gasteiger partial charge in [-0.1, -0.05) is 0 Å². The topological polar surface area (TPSA) is 62.3 Å². The van der Waals surface area contributed by atoms with Gasteiger partial charge in [0.25, 0.3) is 0 Å². The van der Waals surface area contributed by atoms with Crippen LogP contribution in [0.5, 0.6) is 0 Å². The number of carbonyl (C=O) groups is 2. The first-order chi connectivity index (χ1) is 10.1. The van der Waals surface area contributed by atoms with Gasteiger partial charge in [0.15, 0.2) is 0 Å². The van der Waals surface area contributed by atoms with Gasteiger partial charge in [-0.25, -0.2) is 4.98 Å². The summed E-state index contributed by atoms with van der Waals surface area (Å²) < 4.78 is 1.11. The molecule has 1 N–H and O–H groups in total. The normalized spacial score (nSPS) is 16.1.